The third kappa shape index (κ3) is 26.5. The van der Waals surface area contributed by atoms with Crippen LogP contribution in [0.5, 0.6) is 0 Å². The van der Waals surface area contributed by atoms with Crippen molar-refractivity contribution in [3.05, 3.63) is 0 Å². The number of aliphatic hydroxyl groups excluding tert-OH is 1. The minimum atomic E-state index is -0.445. The predicted molar refractivity (Wildman–Crippen MR) is 46.3 cm³/mol. The van der Waals surface area contributed by atoms with E-state index in [1.54, 1.807) is 6.92 Å². The van der Waals surface area contributed by atoms with Gasteiger partial charge in [0.15, 0.2) is 0 Å². The lowest BCUT2D eigenvalue weighted by Gasteiger charge is -2.02. The van der Waals surface area contributed by atoms with Crippen molar-refractivity contribution >= 4 is 5.91 Å². The zero-order valence-corrected chi connectivity index (χ0v) is 7.85. The van der Waals surface area contributed by atoms with E-state index in [1.807, 2.05) is 0 Å². The minimum Gasteiger partial charge on any atom is -0.392 e. The van der Waals surface area contributed by atoms with Gasteiger partial charge in [0.25, 0.3) is 0 Å². The molecule has 2 N–H and O–H groups in total. The summed E-state index contributed by atoms with van der Waals surface area (Å²) < 4.78 is 0. The van der Waals surface area contributed by atoms with Crippen molar-refractivity contribution < 1.29 is 9.90 Å². The Kier molecular flexibility index (Phi) is 11.2. The maximum absolute atomic E-state index is 10.1. The van der Waals surface area contributed by atoms with Gasteiger partial charge >= 0.3 is 0 Å². The Morgan fingerprint density at radius 3 is 2.00 bits per heavy atom. The highest BCUT2D eigenvalue weighted by Crippen LogP contribution is 1.72. The van der Waals surface area contributed by atoms with E-state index in [4.69, 9.17) is 5.11 Å². The molecule has 68 valence electrons. The largest absolute Gasteiger partial charge is 0.392 e. The van der Waals surface area contributed by atoms with Gasteiger partial charge in [-0.2, -0.15) is 0 Å². The van der Waals surface area contributed by atoms with Crippen LogP contribution >= 0.6 is 0 Å². The Morgan fingerprint density at radius 1 is 1.55 bits per heavy atom. The van der Waals surface area contributed by atoms with E-state index in [9.17, 15) is 4.79 Å². The molecule has 0 aromatic rings. The second kappa shape index (κ2) is 9.43. The number of carbonyl (C=O) groups excluding carboxylic acids is 1. The van der Waals surface area contributed by atoms with Gasteiger partial charge in [0.1, 0.15) is 0 Å². The molecular formula is C8H19NO2. The molecule has 0 aliphatic rings. The molecule has 0 rings (SSSR count). The van der Waals surface area contributed by atoms with Gasteiger partial charge in [-0.15, -0.1) is 0 Å². The fraction of sp³-hybridized carbons (Fsp3) is 0.875. The van der Waals surface area contributed by atoms with Gasteiger partial charge in [0.05, 0.1) is 6.10 Å². The van der Waals surface area contributed by atoms with Crippen LogP contribution in [0, 0.1) is 0 Å². The molecule has 0 saturated heterocycles. The van der Waals surface area contributed by atoms with Crippen molar-refractivity contribution in [2.45, 2.75) is 40.2 Å². The molecule has 1 amide bonds. The molecule has 0 spiro atoms. The quantitative estimate of drug-likeness (QED) is 0.632. The van der Waals surface area contributed by atoms with E-state index >= 15 is 0 Å². The summed E-state index contributed by atoms with van der Waals surface area (Å²) in [4.78, 5) is 10.1. The number of hydrogen-bond donors (Lipinski definition) is 2. The van der Waals surface area contributed by atoms with E-state index < -0.39 is 6.10 Å². The van der Waals surface area contributed by atoms with E-state index in [-0.39, 0.29) is 5.91 Å². The molecule has 0 heterocycles. The summed E-state index contributed by atoms with van der Waals surface area (Å²) in [6.45, 7) is 7.63. The Bertz CT molecular complexity index is 92.1. The SMILES string of the molecule is CC(=O)NCC(C)O.CCC. The van der Waals surface area contributed by atoms with Crippen molar-refractivity contribution in [2.24, 2.45) is 0 Å². The number of aliphatic hydroxyl groups is 1. The monoisotopic (exact) mass is 161 g/mol. The molecular weight excluding hydrogens is 142 g/mol. The average Bonchev–Trinajstić information content (AvgIpc) is 1.85. The molecule has 0 aromatic heterocycles. The van der Waals surface area contributed by atoms with Crippen LogP contribution in [0.4, 0.5) is 0 Å². The summed E-state index contributed by atoms with van der Waals surface area (Å²) in [5.74, 6) is -0.106. The van der Waals surface area contributed by atoms with Crippen molar-refractivity contribution in [2.75, 3.05) is 6.54 Å². The van der Waals surface area contributed by atoms with Gasteiger partial charge in [-0.05, 0) is 6.92 Å². The Balaban J connectivity index is 0. The van der Waals surface area contributed by atoms with E-state index in [0.29, 0.717) is 6.54 Å². The molecule has 0 aliphatic heterocycles. The Morgan fingerprint density at radius 2 is 1.91 bits per heavy atom. The minimum absolute atomic E-state index is 0.106. The van der Waals surface area contributed by atoms with Crippen LogP contribution in [-0.2, 0) is 4.79 Å². The standard InChI is InChI=1S/C5H11NO2.C3H8/c1-4(7)3-6-5(2)8;1-3-2/h4,7H,3H2,1-2H3,(H,6,8);3H2,1-2H3. The summed E-state index contributed by atoms with van der Waals surface area (Å²) in [5, 5.41) is 11.0. The average molecular weight is 161 g/mol. The second-order valence-corrected chi connectivity index (χ2v) is 2.49. The van der Waals surface area contributed by atoms with Gasteiger partial charge in [0.2, 0.25) is 5.91 Å². The lowest BCUT2D eigenvalue weighted by molar-refractivity contribution is -0.119. The van der Waals surface area contributed by atoms with E-state index in [1.165, 1.54) is 13.3 Å². The fourth-order valence-electron chi connectivity index (χ4n) is 0.291. The smallest absolute Gasteiger partial charge is 0.216 e. The summed E-state index contributed by atoms with van der Waals surface area (Å²) in [5.41, 5.74) is 0. The first-order valence-electron chi connectivity index (χ1n) is 3.97. The first kappa shape index (κ1) is 13.1. The number of amides is 1. The maximum Gasteiger partial charge on any atom is 0.216 e. The number of nitrogens with one attached hydrogen (secondary N) is 1. The molecule has 0 aliphatic carbocycles. The van der Waals surface area contributed by atoms with Gasteiger partial charge < -0.3 is 10.4 Å². The van der Waals surface area contributed by atoms with Gasteiger partial charge in [0, 0.05) is 13.5 Å². The highest BCUT2D eigenvalue weighted by atomic mass is 16.3. The predicted octanol–water partition coefficient (Wildman–Crippen LogP) is 0.920. The molecule has 3 nitrogen and oxygen atoms in total. The van der Waals surface area contributed by atoms with Crippen molar-refractivity contribution in [3.63, 3.8) is 0 Å². The topological polar surface area (TPSA) is 49.3 Å². The van der Waals surface area contributed by atoms with E-state index in [0.717, 1.165) is 0 Å². The highest BCUT2D eigenvalue weighted by Gasteiger charge is 1.93. The van der Waals surface area contributed by atoms with Crippen LogP contribution in [0.2, 0.25) is 0 Å². The number of rotatable bonds is 2. The summed E-state index contributed by atoms with van der Waals surface area (Å²) in [7, 11) is 0. The maximum atomic E-state index is 10.1. The van der Waals surface area contributed by atoms with Crippen LogP contribution in [-0.4, -0.2) is 23.7 Å². The molecule has 11 heavy (non-hydrogen) atoms. The first-order valence-corrected chi connectivity index (χ1v) is 3.97. The summed E-state index contributed by atoms with van der Waals surface area (Å²) in [6, 6.07) is 0. The van der Waals surface area contributed by atoms with Crippen LogP contribution in [0.1, 0.15) is 34.1 Å². The molecule has 0 fully saturated rings. The van der Waals surface area contributed by atoms with Crippen LogP contribution < -0.4 is 5.32 Å². The Labute approximate surface area is 68.8 Å². The Hall–Kier alpha value is -0.570. The van der Waals surface area contributed by atoms with Gasteiger partial charge in [-0.3, -0.25) is 4.79 Å². The lowest BCUT2D eigenvalue weighted by atomic mass is 10.4. The van der Waals surface area contributed by atoms with Crippen molar-refractivity contribution in [1.29, 1.82) is 0 Å². The zero-order chi connectivity index (χ0) is 9.28. The molecule has 0 radical (unpaired) electrons. The molecule has 1 unspecified atom stereocenters. The molecule has 0 saturated carbocycles. The summed E-state index contributed by atoms with van der Waals surface area (Å²) in [6.07, 6.45) is 0.805. The molecule has 1 atom stereocenters. The van der Waals surface area contributed by atoms with Crippen LogP contribution in [0.25, 0.3) is 0 Å². The fourth-order valence-corrected chi connectivity index (χ4v) is 0.291. The van der Waals surface area contributed by atoms with E-state index in [2.05, 4.69) is 19.2 Å². The third-order valence-corrected chi connectivity index (χ3v) is 0.646. The number of carbonyl (C=O) groups is 1. The third-order valence-electron chi connectivity index (χ3n) is 0.646. The molecule has 3 heteroatoms. The van der Waals surface area contributed by atoms with Crippen molar-refractivity contribution in [3.8, 4) is 0 Å². The van der Waals surface area contributed by atoms with Gasteiger partial charge in [-0.1, -0.05) is 20.3 Å². The summed E-state index contributed by atoms with van der Waals surface area (Å²) >= 11 is 0. The van der Waals surface area contributed by atoms with Crippen LogP contribution in [0.15, 0.2) is 0 Å². The lowest BCUT2D eigenvalue weighted by Crippen LogP contribution is -2.28. The van der Waals surface area contributed by atoms with Crippen LogP contribution in [0.3, 0.4) is 0 Å². The first-order chi connectivity index (χ1) is 5.04. The van der Waals surface area contributed by atoms with Gasteiger partial charge in [-0.25, -0.2) is 0 Å². The molecule has 0 aromatic carbocycles. The normalized spacial score (nSPS) is 11.0. The highest BCUT2D eigenvalue weighted by molar-refractivity contribution is 5.72. The van der Waals surface area contributed by atoms with Crippen molar-refractivity contribution in [1.82, 2.24) is 5.32 Å². The second-order valence-electron chi connectivity index (χ2n) is 2.49. The molecule has 0 bridgehead atoms. The zero-order valence-electron chi connectivity index (χ0n) is 7.85. The number of hydrogen-bond acceptors (Lipinski definition) is 2.